The maximum absolute atomic E-state index is 12.1. The van der Waals surface area contributed by atoms with Gasteiger partial charge in [-0.25, -0.2) is 9.59 Å². The van der Waals surface area contributed by atoms with Crippen LogP contribution in [0.2, 0.25) is 0 Å². The van der Waals surface area contributed by atoms with Gasteiger partial charge in [0.2, 0.25) is 0 Å². The Kier molecular flexibility index (Phi) is 2.95. The number of hydrogen-bond donors (Lipinski definition) is 2. The van der Waals surface area contributed by atoms with Crippen LogP contribution in [0.25, 0.3) is 22.1 Å². The monoisotopic (exact) mass is 282 g/mol. The van der Waals surface area contributed by atoms with Gasteiger partial charge < -0.3 is 14.6 Å². The lowest BCUT2D eigenvalue weighted by Gasteiger charge is -2.06. The van der Waals surface area contributed by atoms with Gasteiger partial charge in [0.15, 0.2) is 0 Å². The number of carboxylic acids is 1. The molecule has 0 unspecified atom stereocenters. The fourth-order valence-corrected chi connectivity index (χ4v) is 2.19. The highest BCUT2D eigenvalue weighted by atomic mass is 16.4. The SMILES string of the molecule is O=C(O)c1ccccc1-c1cc2ccc(O)cc2oc1=O. The van der Waals surface area contributed by atoms with Crippen LogP contribution in [0.15, 0.2) is 57.7 Å². The normalized spacial score (nSPS) is 10.7. The molecule has 3 rings (SSSR count). The third-order valence-corrected chi connectivity index (χ3v) is 3.17. The summed E-state index contributed by atoms with van der Waals surface area (Å²) in [6.45, 7) is 0. The summed E-state index contributed by atoms with van der Waals surface area (Å²) in [5.74, 6) is -1.12. The van der Waals surface area contributed by atoms with Crippen molar-refractivity contribution in [2.45, 2.75) is 0 Å². The molecular weight excluding hydrogens is 272 g/mol. The fourth-order valence-electron chi connectivity index (χ4n) is 2.19. The number of carboxylic acid groups (broad SMARTS) is 1. The van der Waals surface area contributed by atoms with E-state index in [2.05, 4.69) is 0 Å². The van der Waals surface area contributed by atoms with Gasteiger partial charge in [-0.05, 0) is 24.3 Å². The first-order valence-electron chi connectivity index (χ1n) is 6.16. The molecule has 0 atom stereocenters. The summed E-state index contributed by atoms with van der Waals surface area (Å²) in [6.07, 6.45) is 0. The molecule has 0 fully saturated rings. The van der Waals surface area contributed by atoms with E-state index in [0.29, 0.717) is 10.9 Å². The minimum Gasteiger partial charge on any atom is -0.508 e. The van der Waals surface area contributed by atoms with Crippen LogP contribution in [0.5, 0.6) is 5.75 Å². The molecular formula is C16H10O5. The van der Waals surface area contributed by atoms with Crippen LogP contribution < -0.4 is 5.63 Å². The average Bonchev–Trinajstić information content (AvgIpc) is 2.46. The van der Waals surface area contributed by atoms with E-state index in [1.54, 1.807) is 30.3 Å². The van der Waals surface area contributed by atoms with E-state index >= 15 is 0 Å². The molecule has 0 spiro atoms. The molecule has 3 aromatic rings. The third kappa shape index (κ3) is 2.25. The highest BCUT2D eigenvalue weighted by Gasteiger charge is 2.15. The van der Waals surface area contributed by atoms with Crippen LogP contribution in [0, 0.1) is 0 Å². The van der Waals surface area contributed by atoms with Gasteiger partial charge in [0.05, 0.1) is 11.1 Å². The summed E-state index contributed by atoms with van der Waals surface area (Å²) < 4.78 is 5.15. The topological polar surface area (TPSA) is 87.7 Å². The second kappa shape index (κ2) is 4.79. The number of phenolic OH excluding ortho intramolecular Hbond substituents is 1. The summed E-state index contributed by atoms with van der Waals surface area (Å²) in [7, 11) is 0. The largest absolute Gasteiger partial charge is 0.508 e. The van der Waals surface area contributed by atoms with Gasteiger partial charge in [-0.3, -0.25) is 0 Å². The molecule has 0 aliphatic rings. The summed E-state index contributed by atoms with van der Waals surface area (Å²) >= 11 is 0. The molecule has 0 saturated heterocycles. The van der Waals surface area contributed by atoms with E-state index in [9.17, 15) is 19.8 Å². The molecule has 0 aliphatic carbocycles. The zero-order valence-corrected chi connectivity index (χ0v) is 10.7. The molecule has 2 N–H and O–H groups in total. The van der Waals surface area contributed by atoms with Crippen LogP contribution >= 0.6 is 0 Å². The molecule has 5 nitrogen and oxygen atoms in total. The van der Waals surface area contributed by atoms with E-state index in [4.69, 9.17) is 4.42 Å². The molecule has 0 bridgehead atoms. The fraction of sp³-hybridized carbons (Fsp3) is 0. The first kappa shape index (κ1) is 12.9. The van der Waals surface area contributed by atoms with E-state index in [-0.39, 0.29) is 22.5 Å². The smallest absolute Gasteiger partial charge is 0.344 e. The Labute approximate surface area is 118 Å². The van der Waals surface area contributed by atoms with Crippen molar-refractivity contribution in [1.82, 2.24) is 0 Å². The summed E-state index contributed by atoms with van der Waals surface area (Å²) in [5, 5.41) is 19.2. The van der Waals surface area contributed by atoms with Crippen molar-refractivity contribution in [3.05, 3.63) is 64.5 Å². The number of carbonyl (C=O) groups is 1. The van der Waals surface area contributed by atoms with Gasteiger partial charge in [0, 0.05) is 17.0 Å². The minimum absolute atomic E-state index is 0.00987. The van der Waals surface area contributed by atoms with Crippen LogP contribution in [0.4, 0.5) is 0 Å². The summed E-state index contributed by atoms with van der Waals surface area (Å²) in [4.78, 5) is 23.3. The highest BCUT2D eigenvalue weighted by molar-refractivity contribution is 5.96. The first-order valence-corrected chi connectivity index (χ1v) is 6.16. The standard InChI is InChI=1S/C16H10O5/c17-10-6-5-9-7-13(16(20)21-14(9)8-10)11-3-1-2-4-12(11)15(18)19/h1-8,17H,(H,18,19). The van der Waals surface area contributed by atoms with Crippen molar-refractivity contribution in [3.8, 4) is 16.9 Å². The maximum Gasteiger partial charge on any atom is 0.344 e. The van der Waals surface area contributed by atoms with Crippen LogP contribution in [0.3, 0.4) is 0 Å². The molecule has 0 radical (unpaired) electrons. The van der Waals surface area contributed by atoms with Crippen LogP contribution in [0.1, 0.15) is 10.4 Å². The molecule has 104 valence electrons. The molecule has 0 aliphatic heterocycles. The molecule has 1 heterocycles. The number of rotatable bonds is 2. The number of aromatic carboxylic acids is 1. The van der Waals surface area contributed by atoms with E-state index in [1.807, 2.05) is 0 Å². The number of phenols is 1. The molecule has 2 aromatic carbocycles. The summed E-state index contributed by atoms with van der Waals surface area (Å²) in [6, 6.07) is 12.2. The zero-order chi connectivity index (χ0) is 15.0. The van der Waals surface area contributed by atoms with Crippen LogP contribution in [-0.2, 0) is 0 Å². The second-order valence-corrected chi connectivity index (χ2v) is 4.52. The van der Waals surface area contributed by atoms with Crippen molar-refractivity contribution < 1.29 is 19.4 Å². The maximum atomic E-state index is 12.1. The Morgan fingerprint density at radius 1 is 1.00 bits per heavy atom. The van der Waals surface area contributed by atoms with Crippen molar-refractivity contribution in [3.63, 3.8) is 0 Å². The molecule has 21 heavy (non-hydrogen) atoms. The Morgan fingerprint density at radius 3 is 2.52 bits per heavy atom. The Hall–Kier alpha value is -3.08. The molecule has 0 saturated carbocycles. The Balaban J connectivity index is 2.31. The van der Waals surface area contributed by atoms with Gasteiger partial charge in [0.25, 0.3) is 0 Å². The Morgan fingerprint density at radius 2 is 1.76 bits per heavy atom. The molecule has 0 amide bonds. The third-order valence-electron chi connectivity index (χ3n) is 3.17. The quantitative estimate of drug-likeness (QED) is 0.706. The van der Waals surface area contributed by atoms with Gasteiger partial charge in [0.1, 0.15) is 11.3 Å². The van der Waals surface area contributed by atoms with Crippen LogP contribution in [-0.4, -0.2) is 16.2 Å². The predicted octanol–water partition coefficient (Wildman–Crippen LogP) is 2.86. The zero-order valence-electron chi connectivity index (χ0n) is 10.7. The number of benzene rings is 2. The lowest BCUT2D eigenvalue weighted by atomic mass is 10.0. The van der Waals surface area contributed by atoms with Gasteiger partial charge in [-0.1, -0.05) is 18.2 Å². The molecule has 5 heteroatoms. The number of fused-ring (bicyclic) bond motifs is 1. The minimum atomic E-state index is -1.11. The lowest BCUT2D eigenvalue weighted by molar-refractivity contribution is 0.0697. The average molecular weight is 282 g/mol. The van der Waals surface area contributed by atoms with Gasteiger partial charge >= 0.3 is 11.6 Å². The van der Waals surface area contributed by atoms with E-state index in [1.165, 1.54) is 18.2 Å². The van der Waals surface area contributed by atoms with Crippen molar-refractivity contribution in [1.29, 1.82) is 0 Å². The predicted molar refractivity (Wildman–Crippen MR) is 76.5 cm³/mol. The highest BCUT2D eigenvalue weighted by Crippen LogP contribution is 2.26. The first-order chi connectivity index (χ1) is 10.1. The van der Waals surface area contributed by atoms with Crippen molar-refractivity contribution in [2.75, 3.05) is 0 Å². The van der Waals surface area contributed by atoms with Crippen molar-refractivity contribution >= 4 is 16.9 Å². The Bertz CT molecular complexity index is 908. The number of hydrogen-bond acceptors (Lipinski definition) is 4. The van der Waals surface area contributed by atoms with Gasteiger partial charge in [-0.15, -0.1) is 0 Å². The van der Waals surface area contributed by atoms with Gasteiger partial charge in [-0.2, -0.15) is 0 Å². The number of aromatic hydroxyl groups is 1. The van der Waals surface area contributed by atoms with E-state index in [0.717, 1.165) is 0 Å². The molecule has 1 aromatic heterocycles. The lowest BCUT2D eigenvalue weighted by Crippen LogP contribution is -2.07. The second-order valence-electron chi connectivity index (χ2n) is 4.52. The summed E-state index contributed by atoms with van der Waals surface area (Å²) in [5.41, 5.74) is 0.0983. The van der Waals surface area contributed by atoms with Crippen molar-refractivity contribution in [2.24, 2.45) is 0 Å². The van der Waals surface area contributed by atoms with E-state index < -0.39 is 11.6 Å².